The minimum atomic E-state index is -3.10. The van der Waals surface area contributed by atoms with Gasteiger partial charge in [-0.3, -0.25) is 0 Å². The van der Waals surface area contributed by atoms with Crippen LogP contribution in [0.25, 0.3) is 0 Å². The topological polar surface area (TPSA) is 46.2 Å². The summed E-state index contributed by atoms with van der Waals surface area (Å²) in [5.74, 6) is 0.482. The lowest BCUT2D eigenvalue weighted by atomic mass is 10.4. The van der Waals surface area contributed by atoms with Gasteiger partial charge < -0.3 is 0 Å². The summed E-state index contributed by atoms with van der Waals surface area (Å²) in [4.78, 5) is 0. The Morgan fingerprint density at radius 3 is 2.67 bits per heavy atom. The van der Waals surface area contributed by atoms with E-state index in [1.807, 2.05) is 0 Å². The van der Waals surface area contributed by atoms with E-state index in [4.69, 9.17) is 11.6 Å². The number of hydrogen-bond acceptors (Lipinski definition) is 2. The molecule has 0 unspecified atom stereocenters. The molecule has 0 spiro atoms. The van der Waals surface area contributed by atoms with Crippen molar-refractivity contribution in [1.29, 1.82) is 0 Å². The Labute approximate surface area is 78.9 Å². The molecular formula is C7H14ClNO2S. The summed E-state index contributed by atoms with van der Waals surface area (Å²) >= 11 is 5.36. The molecule has 0 aromatic carbocycles. The molecule has 0 heterocycles. The Kier molecular flexibility index (Phi) is 6.42. The van der Waals surface area contributed by atoms with Crippen LogP contribution in [0.1, 0.15) is 12.8 Å². The van der Waals surface area contributed by atoms with Gasteiger partial charge in [-0.15, -0.1) is 18.2 Å². The van der Waals surface area contributed by atoms with E-state index >= 15 is 0 Å². The maximum Gasteiger partial charge on any atom is 0.211 e. The van der Waals surface area contributed by atoms with Crippen LogP contribution in [0, 0.1) is 0 Å². The van der Waals surface area contributed by atoms with Crippen LogP contribution < -0.4 is 4.72 Å². The molecule has 0 aliphatic carbocycles. The van der Waals surface area contributed by atoms with E-state index in [0.29, 0.717) is 25.3 Å². The first kappa shape index (κ1) is 11.9. The minimum absolute atomic E-state index is 0.105. The number of halogens is 1. The zero-order valence-electron chi connectivity index (χ0n) is 6.92. The predicted octanol–water partition coefficient (Wildman–Crippen LogP) is 1.11. The van der Waals surface area contributed by atoms with E-state index < -0.39 is 10.0 Å². The Bertz CT molecular complexity index is 213. The number of rotatable bonds is 7. The van der Waals surface area contributed by atoms with Crippen molar-refractivity contribution in [3.05, 3.63) is 12.7 Å². The highest BCUT2D eigenvalue weighted by Crippen LogP contribution is 1.92. The average Bonchev–Trinajstić information content (AvgIpc) is 2.01. The molecule has 0 saturated carbocycles. The smallest absolute Gasteiger partial charge is 0.211 e. The highest BCUT2D eigenvalue weighted by molar-refractivity contribution is 7.89. The summed E-state index contributed by atoms with van der Waals surface area (Å²) < 4.78 is 24.6. The van der Waals surface area contributed by atoms with E-state index in [2.05, 4.69) is 11.3 Å². The lowest BCUT2D eigenvalue weighted by Gasteiger charge is -2.02. The maximum atomic E-state index is 11.1. The van der Waals surface area contributed by atoms with Gasteiger partial charge in [0.05, 0.1) is 5.75 Å². The molecule has 0 aliphatic rings. The van der Waals surface area contributed by atoms with Crippen molar-refractivity contribution in [2.24, 2.45) is 0 Å². The third-order valence-corrected chi connectivity index (χ3v) is 2.95. The van der Waals surface area contributed by atoms with Crippen molar-refractivity contribution >= 4 is 21.6 Å². The second-order valence-corrected chi connectivity index (χ2v) is 4.64. The lowest BCUT2D eigenvalue weighted by molar-refractivity contribution is 0.581. The van der Waals surface area contributed by atoms with Gasteiger partial charge in [-0.05, 0) is 12.8 Å². The number of hydrogen-bond donors (Lipinski definition) is 1. The van der Waals surface area contributed by atoms with Crippen molar-refractivity contribution in [3.8, 4) is 0 Å². The third kappa shape index (κ3) is 6.64. The van der Waals surface area contributed by atoms with E-state index in [1.165, 1.54) is 0 Å². The van der Waals surface area contributed by atoms with Crippen LogP contribution in [-0.4, -0.2) is 26.6 Å². The molecule has 0 saturated heterocycles. The van der Waals surface area contributed by atoms with Crippen LogP contribution >= 0.6 is 11.6 Å². The fourth-order valence-electron chi connectivity index (χ4n) is 0.633. The molecule has 72 valence electrons. The molecule has 0 rings (SSSR count). The lowest BCUT2D eigenvalue weighted by Crippen LogP contribution is -2.27. The summed E-state index contributed by atoms with van der Waals surface area (Å²) in [6.45, 7) is 3.91. The molecule has 0 aliphatic heterocycles. The summed E-state index contributed by atoms with van der Waals surface area (Å²) in [5, 5.41) is 0. The van der Waals surface area contributed by atoms with Crippen LogP contribution in [-0.2, 0) is 10.0 Å². The van der Waals surface area contributed by atoms with Gasteiger partial charge in [-0.2, -0.15) is 0 Å². The molecule has 5 heteroatoms. The van der Waals surface area contributed by atoms with Crippen LogP contribution in [0.5, 0.6) is 0 Å². The molecule has 0 bridgehead atoms. The zero-order valence-corrected chi connectivity index (χ0v) is 8.50. The van der Waals surface area contributed by atoms with Gasteiger partial charge in [0, 0.05) is 12.4 Å². The molecule has 0 aromatic heterocycles. The molecule has 0 atom stereocenters. The first-order chi connectivity index (χ1) is 5.62. The molecule has 0 radical (unpaired) electrons. The molecule has 0 amide bonds. The van der Waals surface area contributed by atoms with Gasteiger partial charge in [-0.1, -0.05) is 6.08 Å². The quantitative estimate of drug-likeness (QED) is 0.390. The Morgan fingerprint density at radius 2 is 2.17 bits per heavy atom. The monoisotopic (exact) mass is 211 g/mol. The first-order valence-electron chi connectivity index (χ1n) is 3.76. The maximum absolute atomic E-state index is 11.1. The zero-order chi connectivity index (χ0) is 9.45. The first-order valence-corrected chi connectivity index (χ1v) is 5.95. The summed E-state index contributed by atoms with van der Waals surface area (Å²) in [5.41, 5.74) is 0. The van der Waals surface area contributed by atoms with Gasteiger partial charge in [0.1, 0.15) is 0 Å². The molecule has 1 N–H and O–H groups in total. The molecule has 3 nitrogen and oxygen atoms in total. The third-order valence-electron chi connectivity index (χ3n) is 1.22. The summed E-state index contributed by atoms with van der Waals surface area (Å²) in [7, 11) is -3.10. The van der Waals surface area contributed by atoms with E-state index in [-0.39, 0.29) is 5.75 Å². The molecule has 0 aromatic rings. The highest BCUT2D eigenvalue weighted by atomic mass is 35.5. The van der Waals surface area contributed by atoms with Gasteiger partial charge in [0.15, 0.2) is 0 Å². The SMILES string of the molecule is C=CCCNS(=O)(=O)CCCCl. The fraction of sp³-hybridized carbons (Fsp3) is 0.714. The molecular weight excluding hydrogens is 198 g/mol. The van der Waals surface area contributed by atoms with E-state index in [1.54, 1.807) is 6.08 Å². The van der Waals surface area contributed by atoms with Gasteiger partial charge in [-0.25, -0.2) is 13.1 Å². The number of alkyl halides is 1. The predicted molar refractivity (Wildman–Crippen MR) is 51.9 cm³/mol. The second kappa shape index (κ2) is 6.46. The van der Waals surface area contributed by atoms with Crippen LogP contribution in [0.15, 0.2) is 12.7 Å². The standard InChI is InChI=1S/C7H14ClNO2S/c1-2-3-6-9-12(10,11)7-4-5-8/h2,9H,1,3-7H2. The molecule has 12 heavy (non-hydrogen) atoms. The van der Waals surface area contributed by atoms with Gasteiger partial charge >= 0.3 is 0 Å². The molecule has 0 fully saturated rings. The Morgan fingerprint density at radius 1 is 1.50 bits per heavy atom. The van der Waals surface area contributed by atoms with E-state index in [9.17, 15) is 8.42 Å². The average molecular weight is 212 g/mol. The van der Waals surface area contributed by atoms with Crippen molar-refractivity contribution < 1.29 is 8.42 Å². The van der Waals surface area contributed by atoms with Crippen LogP contribution in [0.2, 0.25) is 0 Å². The second-order valence-electron chi connectivity index (χ2n) is 2.33. The van der Waals surface area contributed by atoms with Crippen molar-refractivity contribution in [2.45, 2.75) is 12.8 Å². The summed E-state index contributed by atoms with van der Waals surface area (Å²) in [6, 6.07) is 0. The van der Waals surface area contributed by atoms with Gasteiger partial charge in [0.2, 0.25) is 10.0 Å². The van der Waals surface area contributed by atoms with Crippen molar-refractivity contribution in [1.82, 2.24) is 4.72 Å². The number of sulfonamides is 1. The van der Waals surface area contributed by atoms with Gasteiger partial charge in [0.25, 0.3) is 0 Å². The normalized spacial score (nSPS) is 11.4. The van der Waals surface area contributed by atoms with Crippen LogP contribution in [0.3, 0.4) is 0 Å². The highest BCUT2D eigenvalue weighted by Gasteiger charge is 2.06. The van der Waals surface area contributed by atoms with Crippen molar-refractivity contribution in [3.63, 3.8) is 0 Å². The Hall–Kier alpha value is -0.0600. The Balaban J connectivity index is 3.64. The van der Waals surface area contributed by atoms with E-state index in [0.717, 1.165) is 0 Å². The largest absolute Gasteiger partial charge is 0.215 e. The number of nitrogens with one attached hydrogen (secondary N) is 1. The fourth-order valence-corrected chi connectivity index (χ4v) is 2.02. The summed E-state index contributed by atoms with van der Waals surface area (Å²) in [6.07, 6.45) is 2.81. The van der Waals surface area contributed by atoms with Crippen molar-refractivity contribution in [2.75, 3.05) is 18.2 Å². The minimum Gasteiger partial charge on any atom is -0.215 e. The van der Waals surface area contributed by atoms with Crippen LogP contribution in [0.4, 0.5) is 0 Å².